The third-order valence-corrected chi connectivity index (χ3v) is 4.19. The molecule has 0 fully saturated rings. The molecule has 5 nitrogen and oxygen atoms in total. The number of ether oxygens (including phenoxy) is 1. The van der Waals surface area contributed by atoms with Gasteiger partial charge in [-0.3, -0.25) is 0 Å². The summed E-state index contributed by atoms with van der Waals surface area (Å²) in [5.41, 5.74) is 3.03. The molecule has 2 heterocycles. The Morgan fingerprint density at radius 1 is 1.29 bits per heavy atom. The van der Waals surface area contributed by atoms with Gasteiger partial charge in [-0.25, -0.2) is 4.98 Å². The smallest absolute Gasteiger partial charge is 0.179 e. The van der Waals surface area contributed by atoms with Gasteiger partial charge in [-0.05, 0) is 35.2 Å². The Hall–Kier alpha value is -2.91. The highest BCUT2D eigenvalue weighted by molar-refractivity contribution is 8.00. The fourth-order valence-electron chi connectivity index (χ4n) is 2.23. The van der Waals surface area contributed by atoms with Gasteiger partial charge in [-0.1, -0.05) is 30.3 Å². The Labute approximate surface area is 144 Å². The average molecular weight is 336 g/mol. The first-order chi connectivity index (χ1) is 11.8. The van der Waals surface area contributed by atoms with Gasteiger partial charge in [0, 0.05) is 23.0 Å². The van der Waals surface area contributed by atoms with Crippen molar-refractivity contribution in [1.29, 1.82) is 5.26 Å². The van der Waals surface area contributed by atoms with Gasteiger partial charge >= 0.3 is 0 Å². The summed E-state index contributed by atoms with van der Waals surface area (Å²) in [6.07, 6.45) is 3.94. The molecule has 1 aromatic carbocycles. The van der Waals surface area contributed by atoms with Crippen molar-refractivity contribution in [1.82, 2.24) is 9.97 Å². The van der Waals surface area contributed by atoms with Gasteiger partial charge in [0.25, 0.3) is 0 Å². The van der Waals surface area contributed by atoms with Gasteiger partial charge in [-0.2, -0.15) is 5.26 Å². The van der Waals surface area contributed by atoms with E-state index in [-0.39, 0.29) is 0 Å². The number of hydrogen-bond donors (Lipinski definition) is 2. The van der Waals surface area contributed by atoms with Crippen LogP contribution in [0, 0.1) is 11.3 Å². The van der Waals surface area contributed by atoms with E-state index in [1.165, 1.54) is 11.9 Å². The van der Waals surface area contributed by atoms with E-state index in [0.717, 1.165) is 21.7 Å². The van der Waals surface area contributed by atoms with Crippen LogP contribution >= 0.6 is 11.9 Å². The van der Waals surface area contributed by atoms with Crippen LogP contribution in [0.3, 0.4) is 0 Å². The van der Waals surface area contributed by atoms with E-state index >= 15 is 0 Å². The number of aromatic amines is 1. The van der Waals surface area contributed by atoms with E-state index in [4.69, 9.17) is 10.00 Å². The number of pyridine rings is 1. The van der Waals surface area contributed by atoms with Crippen LogP contribution in [0.2, 0.25) is 0 Å². The maximum atomic E-state index is 8.76. The minimum atomic E-state index is 0.315. The van der Waals surface area contributed by atoms with Crippen LogP contribution in [0.4, 0.5) is 5.82 Å². The van der Waals surface area contributed by atoms with Gasteiger partial charge in [0.05, 0.1) is 19.6 Å². The van der Waals surface area contributed by atoms with Crippen LogP contribution in [0.25, 0.3) is 11.3 Å². The highest BCUT2D eigenvalue weighted by atomic mass is 32.2. The Morgan fingerprint density at radius 3 is 2.88 bits per heavy atom. The molecule has 6 heteroatoms. The number of hydrogen-bond acceptors (Lipinski definition) is 5. The fourth-order valence-corrected chi connectivity index (χ4v) is 2.89. The molecule has 0 saturated carbocycles. The maximum absolute atomic E-state index is 8.76. The van der Waals surface area contributed by atoms with Crippen LogP contribution in [0.1, 0.15) is 5.56 Å². The third-order valence-electron chi connectivity index (χ3n) is 3.42. The molecule has 0 atom stereocenters. The summed E-state index contributed by atoms with van der Waals surface area (Å²) in [6.45, 7) is 0. The number of H-pyrrole nitrogens is 1. The molecule has 0 unspecified atom stereocenters. The van der Waals surface area contributed by atoms with E-state index < -0.39 is 0 Å². The summed E-state index contributed by atoms with van der Waals surface area (Å²) in [7, 11) is 1.59. The second-order valence-electron chi connectivity index (χ2n) is 5.05. The lowest BCUT2D eigenvalue weighted by Gasteiger charge is -2.09. The van der Waals surface area contributed by atoms with E-state index in [1.54, 1.807) is 13.3 Å². The van der Waals surface area contributed by atoms with Gasteiger partial charge in [0.2, 0.25) is 0 Å². The summed E-state index contributed by atoms with van der Waals surface area (Å²) < 4.78 is 8.53. The Balaban J connectivity index is 1.70. The van der Waals surface area contributed by atoms with E-state index in [2.05, 4.69) is 39.0 Å². The number of methoxy groups -OCH3 is 1. The van der Waals surface area contributed by atoms with Crippen molar-refractivity contribution in [3.05, 3.63) is 60.4 Å². The quantitative estimate of drug-likeness (QED) is 0.658. The van der Waals surface area contributed by atoms with Crippen LogP contribution in [0.15, 0.2) is 59.8 Å². The first-order valence-electron chi connectivity index (χ1n) is 7.36. The molecule has 0 aliphatic rings. The summed E-state index contributed by atoms with van der Waals surface area (Å²) in [5, 5.41) is 8.76. The van der Waals surface area contributed by atoms with Crippen LogP contribution in [-0.2, 0) is 6.42 Å². The predicted molar refractivity (Wildman–Crippen MR) is 95.8 cm³/mol. The van der Waals surface area contributed by atoms with Crippen LogP contribution < -0.4 is 9.46 Å². The molecule has 0 spiro atoms. The largest absolute Gasteiger partial charge is 0.493 e. The molecule has 24 heavy (non-hydrogen) atoms. The number of nitrogens with one attached hydrogen (secondary N) is 2. The van der Waals surface area contributed by atoms with Gasteiger partial charge in [0.15, 0.2) is 11.6 Å². The van der Waals surface area contributed by atoms with E-state index in [1.807, 2.05) is 30.5 Å². The zero-order chi connectivity index (χ0) is 16.8. The lowest BCUT2D eigenvalue weighted by molar-refractivity contribution is 0.415. The van der Waals surface area contributed by atoms with Crippen molar-refractivity contribution in [2.24, 2.45) is 0 Å². The molecule has 0 radical (unpaired) electrons. The number of anilines is 1. The maximum Gasteiger partial charge on any atom is 0.179 e. The molecule has 0 amide bonds. The molecular formula is C18H16N4OS. The van der Waals surface area contributed by atoms with Gasteiger partial charge in [0.1, 0.15) is 0 Å². The Kier molecular flexibility index (Phi) is 5.04. The summed E-state index contributed by atoms with van der Waals surface area (Å²) in [5.74, 6) is 1.25. The summed E-state index contributed by atoms with van der Waals surface area (Å²) in [6, 6.07) is 16.2. The molecule has 0 aliphatic carbocycles. The molecule has 3 aromatic rings. The first-order valence-corrected chi connectivity index (χ1v) is 8.18. The summed E-state index contributed by atoms with van der Waals surface area (Å²) in [4.78, 5) is 8.63. The zero-order valence-corrected chi connectivity index (χ0v) is 13.9. The monoisotopic (exact) mass is 336 g/mol. The second-order valence-corrected chi connectivity index (χ2v) is 5.93. The molecule has 120 valence electrons. The Morgan fingerprint density at radius 2 is 2.12 bits per heavy atom. The van der Waals surface area contributed by atoms with Crippen molar-refractivity contribution >= 4 is 17.8 Å². The average Bonchev–Trinajstić information content (AvgIpc) is 3.10. The zero-order valence-electron chi connectivity index (χ0n) is 13.1. The topological polar surface area (TPSA) is 73.7 Å². The lowest BCUT2D eigenvalue weighted by Crippen LogP contribution is -1.97. The number of rotatable bonds is 6. The molecule has 2 N–H and O–H groups in total. The normalized spacial score (nSPS) is 10.2. The minimum absolute atomic E-state index is 0.315. The number of benzene rings is 1. The number of aromatic nitrogens is 2. The lowest BCUT2D eigenvalue weighted by atomic mass is 10.2. The SMILES string of the molecule is COc1cc(CC#N)cnc1NSc1c[nH]c(-c2ccccc2)c1. The van der Waals surface area contributed by atoms with Crippen LogP contribution in [0.5, 0.6) is 5.75 Å². The van der Waals surface area contributed by atoms with Crippen molar-refractivity contribution in [2.75, 3.05) is 11.8 Å². The van der Waals surface area contributed by atoms with E-state index in [0.29, 0.717) is 18.0 Å². The summed E-state index contributed by atoms with van der Waals surface area (Å²) >= 11 is 1.45. The van der Waals surface area contributed by atoms with Gasteiger partial charge in [-0.15, -0.1) is 0 Å². The highest BCUT2D eigenvalue weighted by Gasteiger charge is 2.08. The van der Waals surface area contributed by atoms with Gasteiger partial charge < -0.3 is 14.4 Å². The molecule has 2 aromatic heterocycles. The molecular weight excluding hydrogens is 320 g/mol. The highest BCUT2D eigenvalue weighted by Crippen LogP contribution is 2.30. The number of nitriles is 1. The third kappa shape index (κ3) is 3.70. The Bertz CT molecular complexity index is 855. The number of nitrogens with zero attached hydrogens (tertiary/aromatic N) is 2. The van der Waals surface area contributed by atoms with Crippen LogP contribution in [-0.4, -0.2) is 17.1 Å². The molecule has 0 bridgehead atoms. The molecule has 0 saturated heterocycles. The second kappa shape index (κ2) is 7.57. The molecule has 0 aliphatic heterocycles. The first kappa shape index (κ1) is 16.0. The van der Waals surface area contributed by atoms with Crippen molar-refractivity contribution in [3.8, 4) is 23.1 Å². The van der Waals surface area contributed by atoms with Crippen molar-refractivity contribution in [2.45, 2.75) is 11.3 Å². The minimum Gasteiger partial charge on any atom is -0.493 e. The standard InChI is InChI=1S/C18H16N4OS/c1-23-17-9-13(7-8-19)11-21-18(17)22-24-15-10-16(20-12-15)14-5-3-2-4-6-14/h2-6,9-12,20H,7H2,1H3,(H,21,22). The predicted octanol–water partition coefficient (Wildman–Crippen LogP) is 4.27. The van der Waals surface area contributed by atoms with Crippen molar-refractivity contribution < 1.29 is 4.74 Å². The van der Waals surface area contributed by atoms with E-state index in [9.17, 15) is 0 Å². The molecule has 3 rings (SSSR count). The van der Waals surface area contributed by atoms with Crippen molar-refractivity contribution in [3.63, 3.8) is 0 Å². The fraction of sp³-hybridized carbons (Fsp3) is 0.111.